The molecular weight excluding hydrogens is 134 g/mol. The molecule has 0 aliphatic heterocycles. The van der Waals surface area contributed by atoms with Gasteiger partial charge in [-0.1, -0.05) is 25.3 Å². The fraction of sp³-hybridized carbons (Fsp3) is 0.800. The van der Waals surface area contributed by atoms with Crippen LogP contribution in [0.25, 0.3) is 0 Å². The Balaban J connectivity index is 2.13. The average Bonchev–Trinajstić information content (AvgIpc) is 2.07. The van der Waals surface area contributed by atoms with E-state index in [1.807, 2.05) is 0 Å². The Morgan fingerprint density at radius 3 is 2.64 bits per heavy atom. The Morgan fingerprint density at radius 1 is 1.27 bits per heavy atom. The van der Waals surface area contributed by atoms with Crippen molar-refractivity contribution in [2.24, 2.45) is 5.92 Å². The zero-order valence-corrected chi connectivity index (χ0v) is 7.47. The Labute approximate surface area is 69.9 Å². The van der Waals surface area contributed by atoms with Crippen molar-refractivity contribution in [1.29, 1.82) is 0 Å². The van der Waals surface area contributed by atoms with Gasteiger partial charge in [0.15, 0.2) is 0 Å². The van der Waals surface area contributed by atoms with Gasteiger partial charge in [-0.3, -0.25) is 0 Å². The molecule has 0 radical (unpaired) electrons. The van der Waals surface area contributed by atoms with Crippen LogP contribution >= 0.6 is 0 Å². The van der Waals surface area contributed by atoms with Gasteiger partial charge in [-0.05, 0) is 31.9 Å². The van der Waals surface area contributed by atoms with Crippen molar-refractivity contribution >= 4 is 0 Å². The smallest absolute Gasteiger partial charge is 0.0112 e. The van der Waals surface area contributed by atoms with Crippen LogP contribution in [-0.4, -0.2) is 6.54 Å². The van der Waals surface area contributed by atoms with E-state index in [4.69, 9.17) is 0 Å². The summed E-state index contributed by atoms with van der Waals surface area (Å²) in [4.78, 5) is 0. The number of nitrogens with one attached hydrogen (secondary N) is 1. The second-order valence-corrected chi connectivity index (χ2v) is 3.31. The summed E-state index contributed by atoms with van der Waals surface area (Å²) in [6.45, 7) is 3.18. The molecule has 1 N–H and O–H groups in total. The molecule has 1 saturated carbocycles. The fourth-order valence-corrected chi connectivity index (χ4v) is 1.65. The summed E-state index contributed by atoms with van der Waals surface area (Å²) in [5.74, 6) is 0.864. The second-order valence-electron chi connectivity index (χ2n) is 3.31. The van der Waals surface area contributed by atoms with Gasteiger partial charge >= 0.3 is 0 Å². The Hall–Kier alpha value is -0.460. The van der Waals surface area contributed by atoms with Gasteiger partial charge in [0.25, 0.3) is 0 Å². The summed E-state index contributed by atoms with van der Waals surface area (Å²) in [6.07, 6.45) is 11.6. The number of hydrogen-bond donors (Lipinski definition) is 1. The molecule has 1 rings (SSSR count). The van der Waals surface area contributed by atoms with E-state index in [0.717, 1.165) is 12.5 Å². The molecule has 1 aliphatic carbocycles. The quantitative estimate of drug-likeness (QED) is 0.657. The molecule has 0 unspecified atom stereocenters. The van der Waals surface area contributed by atoms with Crippen molar-refractivity contribution in [2.75, 3.05) is 6.54 Å². The first-order chi connectivity index (χ1) is 5.43. The summed E-state index contributed by atoms with van der Waals surface area (Å²) < 4.78 is 0. The van der Waals surface area contributed by atoms with Crippen LogP contribution in [-0.2, 0) is 0 Å². The third kappa shape index (κ3) is 3.45. The van der Waals surface area contributed by atoms with Crippen molar-refractivity contribution < 1.29 is 0 Å². The van der Waals surface area contributed by atoms with Gasteiger partial charge in [-0.2, -0.15) is 0 Å². The molecule has 1 nitrogen and oxygen atoms in total. The zero-order valence-electron chi connectivity index (χ0n) is 7.47. The van der Waals surface area contributed by atoms with E-state index in [9.17, 15) is 0 Å². The third-order valence-corrected chi connectivity index (χ3v) is 2.34. The largest absolute Gasteiger partial charge is 0.391 e. The number of rotatable bonds is 3. The van der Waals surface area contributed by atoms with Gasteiger partial charge < -0.3 is 5.32 Å². The first kappa shape index (κ1) is 8.63. The van der Waals surface area contributed by atoms with Gasteiger partial charge in [-0.15, -0.1) is 0 Å². The standard InChI is InChI=1S/C10H19N/c1-2-11-9-8-10-6-4-3-5-7-10/h8-11H,2-7H2,1H3. The van der Waals surface area contributed by atoms with Crippen molar-refractivity contribution in [3.05, 3.63) is 12.3 Å². The molecule has 1 fully saturated rings. The molecule has 64 valence electrons. The molecule has 0 saturated heterocycles. The molecule has 0 spiro atoms. The molecular formula is C10H19N. The Morgan fingerprint density at radius 2 is 2.00 bits per heavy atom. The molecule has 0 bridgehead atoms. The first-order valence-corrected chi connectivity index (χ1v) is 4.83. The lowest BCUT2D eigenvalue weighted by atomic mass is 9.89. The molecule has 0 atom stereocenters. The maximum atomic E-state index is 3.21. The minimum absolute atomic E-state index is 0.864. The van der Waals surface area contributed by atoms with Crippen LogP contribution in [0.5, 0.6) is 0 Å². The van der Waals surface area contributed by atoms with Gasteiger partial charge in [0, 0.05) is 6.54 Å². The van der Waals surface area contributed by atoms with Gasteiger partial charge in [0.2, 0.25) is 0 Å². The lowest BCUT2D eigenvalue weighted by Gasteiger charge is -2.17. The number of hydrogen-bond acceptors (Lipinski definition) is 1. The zero-order chi connectivity index (χ0) is 7.94. The summed E-state index contributed by atoms with van der Waals surface area (Å²) in [5.41, 5.74) is 0. The van der Waals surface area contributed by atoms with Crippen molar-refractivity contribution in [2.45, 2.75) is 39.0 Å². The summed E-state index contributed by atoms with van der Waals surface area (Å²) in [7, 11) is 0. The Kier molecular flexibility index (Phi) is 4.10. The molecule has 11 heavy (non-hydrogen) atoms. The van der Waals surface area contributed by atoms with Gasteiger partial charge in [0.05, 0.1) is 0 Å². The highest BCUT2D eigenvalue weighted by molar-refractivity contribution is 4.87. The molecule has 1 heteroatoms. The average molecular weight is 153 g/mol. The Bertz CT molecular complexity index is 112. The van der Waals surface area contributed by atoms with Crippen molar-refractivity contribution in [3.8, 4) is 0 Å². The van der Waals surface area contributed by atoms with Crippen LogP contribution in [0, 0.1) is 5.92 Å². The SMILES string of the molecule is CCNC=CC1CCCCC1. The maximum absolute atomic E-state index is 3.21. The van der Waals surface area contributed by atoms with Crippen LogP contribution in [0.4, 0.5) is 0 Å². The van der Waals surface area contributed by atoms with E-state index >= 15 is 0 Å². The summed E-state index contributed by atoms with van der Waals surface area (Å²) >= 11 is 0. The number of allylic oxidation sites excluding steroid dienone is 1. The first-order valence-electron chi connectivity index (χ1n) is 4.83. The van der Waals surface area contributed by atoms with E-state index in [-0.39, 0.29) is 0 Å². The predicted octanol–water partition coefficient (Wildman–Crippen LogP) is 2.69. The minimum Gasteiger partial charge on any atom is -0.391 e. The van der Waals surface area contributed by atoms with E-state index in [2.05, 4.69) is 24.5 Å². The van der Waals surface area contributed by atoms with Gasteiger partial charge in [-0.25, -0.2) is 0 Å². The molecule has 0 heterocycles. The molecule has 0 aromatic rings. The van der Waals surface area contributed by atoms with Crippen LogP contribution in [0.2, 0.25) is 0 Å². The highest BCUT2D eigenvalue weighted by Gasteiger charge is 2.08. The van der Waals surface area contributed by atoms with Crippen LogP contribution < -0.4 is 5.32 Å². The van der Waals surface area contributed by atoms with E-state index in [0.29, 0.717) is 0 Å². The topological polar surface area (TPSA) is 12.0 Å². The van der Waals surface area contributed by atoms with E-state index < -0.39 is 0 Å². The predicted molar refractivity (Wildman–Crippen MR) is 49.4 cm³/mol. The second kappa shape index (κ2) is 5.22. The monoisotopic (exact) mass is 153 g/mol. The maximum Gasteiger partial charge on any atom is 0.0112 e. The third-order valence-electron chi connectivity index (χ3n) is 2.34. The van der Waals surface area contributed by atoms with Crippen molar-refractivity contribution in [3.63, 3.8) is 0 Å². The minimum atomic E-state index is 0.864. The lowest BCUT2D eigenvalue weighted by molar-refractivity contribution is 0.418. The van der Waals surface area contributed by atoms with Crippen molar-refractivity contribution in [1.82, 2.24) is 5.32 Å². The highest BCUT2D eigenvalue weighted by Crippen LogP contribution is 2.24. The molecule has 1 aliphatic rings. The molecule has 0 amide bonds. The summed E-state index contributed by atoms with van der Waals surface area (Å²) in [6, 6.07) is 0. The van der Waals surface area contributed by atoms with Crippen LogP contribution in [0.15, 0.2) is 12.3 Å². The van der Waals surface area contributed by atoms with Crippen LogP contribution in [0.1, 0.15) is 39.0 Å². The van der Waals surface area contributed by atoms with E-state index in [1.54, 1.807) is 0 Å². The fourth-order valence-electron chi connectivity index (χ4n) is 1.65. The molecule has 0 aromatic heterocycles. The van der Waals surface area contributed by atoms with Crippen LogP contribution in [0.3, 0.4) is 0 Å². The lowest BCUT2D eigenvalue weighted by Crippen LogP contribution is -2.06. The molecule has 0 aromatic carbocycles. The van der Waals surface area contributed by atoms with Gasteiger partial charge in [0.1, 0.15) is 0 Å². The highest BCUT2D eigenvalue weighted by atomic mass is 14.8. The summed E-state index contributed by atoms with van der Waals surface area (Å²) in [5, 5.41) is 3.21. The normalized spacial score (nSPS) is 20.8. The van der Waals surface area contributed by atoms with E-state index in [1.165, 1.54) is 32.1 Å².